The van der Waals surface area contributed by atoms with Crippen molar-refractivity contribution in [3.8, 4) is 0 Å². The van der Waals surface area contributed by atoms with Gasteiger partial charge in [-0.25, -0.2) is 9.18 Å². The average molecular weight is 496 g/mol. The Hall–Kier alpha value is -1.87. The van der Waals surface area contributed by atoms with Gasteiger partial charge in [0, 0.05) is 41.0 Å². The highest BCUT2D eigenvalue weighted by molar-refractivity contribution is 14.1. The second-order valence-electron chi connectivity index (χ2n) is 6.92. The Balaban J connectivity index is 1.72. The first-order chi connectivity index (χ1) is 13.5. The molecular formula is C21H26FIN4O. The molecule has 1 atom stereocenters. The molecule has 3 rings (SSSR count). The fourth-order valence-corrected chi connectivity index (χ4v) is 3.98. The predicted octanol–water partition coefficient (Wildman–Crippen LogP) is 4.45. The average Bonchev–Trinajstić information content (AvgIpc) is 2.69. The van der Waals surface area contributed by atoms with Crippen LogP contribution in [-0.2, 0) is 0 Å². The monoisotopic (exact) mass is 496 g/mol. The first-order valence-electron chi connectivity index (χ1n) is 9.56. The Morgan fingerprint density at radius 2 is 1.89 bits per heavy atom. The fourth-order valence-electron chi connectivity index (χ4n) is 3.46. The van der Waals surface area contributed by atoms with Crippen molar-refractivity contribution >= 4 is 40.0 Å². The van der Waals surface area contributed by atoms with Crippen LogP contribution >= 0.6 is 22.6 Å². The first-order valence-corrected chi connectivity index (χ1v) is 10.6. The van der Waals surface area contributed by atoms with Gasteiger partial charge in [0.25, 0.3) is 0 Å². The number of benzene rings is 2. The molecule has 1 unspecified atom stereocenters. The molecule has 1 fully saturated rings. The van der Waals surface area contributed by atoms with Crippen LogP contribution in [0.25, 0.3) is 0 Å². The van der Waals surface area contributed by atoms with E-state index in [1.807, 2.05) is 37.3 Å². The standard InChI is InChI=1S/C21H26FIN4O/c1-3-26-10-12-27(13-11-26)20-9-8-16(22)14-17(20)15(2)24-21(28)25-19-7-5-4-6-18(19)23/h4-9,14-15H,3,10-13H2,1-2H3,(H2,24,25,28). The molecule has 1 aliphatic heterocycles. The molecule has 0 saturated carbocycles. The second-order valence-corrected chi connectivity index (χ2v) is 8.09. The van der Waals surface area contributed by atoms with Crippen molar-refractivity contribution in [3.05, 3.63) is 57.4 Å². The maximum atomic E-state index is 14.0. The van der Waals surface area contributed by atoms with Crippen molar-refractivity contribution in [2.24, 2.45) is 0 Å². The zero-order chi connectivity index (χ0) is 20.1. The van der Waals surface area contributed by atoms with Crippen molar-refractivity contribution < 1.29 is 9.18 Å². The number of carbonyl (C=O) groups excluding carboxylic acids is 1. The molecule has 7 heteroatoms. The molecule has 1 saturated heterocycles. The third-order valence-corrected chi connectivity index (χ3v) is 6.03. The van der Waals surface area contributed by atoms with Crippen LogP contribution in [0.2, 0.25) is 0 Å². The van der Waals surface area contributed by atoms with E-state index in [1.54, 1.807) is 0 Å². The number of likely N-dealkylation sites (N-methyl/N-ethyl adjacent to an activating group) is 1. The summed E-state index contributed by atoms with van der Waals surface area (Å²) in [5.41, 5.74) is 2.53. The molecule has 2 aromatic rings. The molecule has 5 nitrogen and oxygen atoms in total. The minimum absolute atomic E-state index is 0.294. The molecule has 2 aromatic carbocycles. The number of nitrogens with zero attached hydrogens (tertiary/aromatic N) is 2. The summed E-state index contributed by atoms with van der Waals surface area (Å²) in [6, 6.07) is 11.8. The van der Waals surface area contributed by atoms with E-state index < -0.39 is 0 Å². The number of hydrogen-bond acceptors (Lipinski definition) is 3. The van der Waals surface area contributed by atoms with Gasteiger partial charge in [-0.15, -0.1) is 0 Å². The Labute approximate surface area is 179 Å². The van der Waals surface area contributed by atoms with Crippen LogP contribution in [0.5, 0.6) is 0 Å². The molecule has 0 radical (unpaired) electrons. The highest BCUT2D eigenvalue weighted by atomic mass is 127. The topological polar surface area (TPSA) is 47.6 Å². The lowest BCUT2D eigenvalue weighted by atomic mass is 10.0. The Kier molecular flexibility index (Phi) is 7.12. The second kappa shape index (κ2) is 9.56. The molecule has 2 N–H and O–H groups in total. The van der Waals surface area contributed by atoms with Crippen LogP contribution in [0.15, 0.2) is 42.5 Å². The number of nitrogens with one attached hydrogen (secondary N) is 2. The predicted molar refractivity (Wildman–Crippen MR) is 120 cm³/mol. The lowest BCUT2D eigenvalue weighted by Crippen LogP contribution is -2.46. The van der Waals surface area contributed by atoms with Crippen molar-refractivity contribution in [1.29, 1.82) is 0 Å². The minimum atomic E-state index is -0.323. The Bertz CT molecular complexity index is 824. The van der Waals surface area contributed by atoms with Crippen molar-refractivity contribution in [2.75, 3.05) is 42.9 Å². The summed E-state index contributed by atoms with van der Waals surface area (Å²) in [6.07, 6.45) is 0. The third-order valence-electron chi connectivity index (χ3n) is 5.09. The summed E-state index contributed by atoms with van der Waals surface area (Å²) in [6.45, 7) is 8.86. The maximum absolute atomic E-state index is 14.0. The van der Waals surface area contributed by atoms with Crippen molar-refractivity contribution in [2.45, 2.75) is 19.9 Å². The van der Waals surface area contributed by atoms with Crippen molar-refractivity contribution in [1.82, 2.24) is 10.2 Å². The van der Waals surface area contributed by atoms with Crippen LogP contribution < -0.4 is 15.5 Å². The number of rotatable bonds is 5. The van der Waals surface area contributed by atoms with E-state index in [4.69, 9.17) is 0 Å². The van der Waals surface area contributed by atoms with Gasteiger partial charge in [-0.2, -0.15) is 0 Å². The van der Waals surface area contributed by atoms with E-state index in [9.17, 15) is 9.18 Å². The van der Waals surface area contributed by atoms with E-state index >= 15 is 0 Å². The molecule has 28 heavy (non-hydrogen) atoms. The molecule has 2 amide bonds. The summed E-state index contributed by atoms with van der Waals surface area (Å²) in [5, 5.41) is 5.81. The van der Waals surface area contributed by atoms with Crippen LogP contribution in [0, 0.1) is 9.39 Å². The van der Waals surface area contributed by atoms with Crippen LogP contribution in [-0.4, -0.2) is 43.7 Å². The van der Waals surface area contributed by atoms with Gasteiger partial charge in [-0.1, -0.05) is 19.1 Å². The van der Waals surface area contributed by atoms with Gasteiger partial charge >= 0.3 is 6.03 Å². The third kappa shape index (κ3) is 5.14. The molecule has 1 aliphatic rings. The normalized spacial score (nSPS) is 15.9. The minimum Gasteiger partial charge on any atom is -0.369 e. The Morgan fingerprint density at radius 1 is 1.18 bits per heavy atom. The number of urea groups is 1. The number of piperazine rings is 1. The van der Waals surface area contributed by atoms with Gasteiger partial charge in [0.1, 0.15) is 5.82 Å². The van der Waals surface area contributed by atoms with E-state index in [0.29, 0.717) is 0 Å². The van der Waals surface area contributed by atoms with Gasteiger partial charge < -0.3 is 20.4 Å². The highest BCUT2D eigenvalue weighted by Crippen LogP contribution is 2.28. The summed E-state index contributed by atoms with van der Waals surface area (Å²) >= 11 is 2.18. The number of halogens is 2. The van der Waals surface area contributed by atoms with E-state index in [0.717, 1.165) is 53.2 Å². The number of hydrogen-bond donors (Lipinski definition) is 2. The smallest absolute Gasteiger partial charge is 0.319 e. The number of para-hydroxylation sites is 1. The summed E-state index contributed by atoms with van der Waals surface area (Å²) in [4.78, 5) is 17.1. The molecular weight excluding hydrogens is 470 g/mol. The van der Waals surface area contributed by atoms with Gasteiger partial charge in [-0.3, -0.25) is 0 Å². The molecule has 0 aliphatic carbocycles. The Morgan fingerprint density at radius 3 is 2.57 bits per heavy atom. The maximum Gasteiger partial charge on any atom is 0.319 e. The molecule has 0 bridgehead atoms. The van der Waals surface area contributed by atoms with E-state index in [2.05, 4.69) is 49.9 Å². The van der Waals surface area contributed by atoms with Gasteiger partial charge in [0.15, 0.2) is 0 Å². The van der Waals surface area contributed by atoms with Crippen LogP contribution in [0.1, 0.15) is 25.5 Å². The van der Waals surface area contributed by atoms with Crippen molar-refractivity contribution in [3.63, 3.8) is 0 Å². The SMILES string of the molecule is CCN1CCN(c2ccc(F)cc2C(C)NC(=O)Nc2ccccc2I)CC1. The number of anilines is 2. The molecule has 0 aromatic heterocycles. The quantitative estimate of drug-likeness (QED) is 0.602. The summed E-state index contributed by atoms with van der Waals surface area (Å²) in [7, 11) is 0. The number of carbonyl (C=O) groups is 1. The summed E-state index contributed by atoms with van der Waals surface area (Å²) in [5.74, 6) is -0.294. The first kappa shape index (κ1) is 20.9. The van der Waals surface area contributed by atoms with Gasteiger partial charge in [0.05, 0.1) is 11.7 Å². The van der Waals surface area contributed by atoms with Crippen LogP contribution in [0.4, 0.5) is 20.6 Å². The number of amides is 2. The molecule has 150 valence electrons. The van der Waals surface area contributed by atoms with Crippen LogP contribution in [0.3, 0.4) is 0 Å². The zero-order valence-electron chi connectivity index (χ0n) is 16.2. The fraction of sp³-hybridized carbons (Fsp3) is 0.381. The van der Waals surface area contributed by atoms with E-state index in [1.165, 1.54) is 12.1 Å². The molecule has 0 spiro atoms. The lowest BCUT2D eigenvalue weighted by molar-refractivity contribution is 0.249. The zero-order valence-corrected chi connectivity index (χ0v) is 18.4. The summed E-state index contributed by atoms with van der Waals surface area (Å²) < 4.78 is 14.9. The molecule has 1 heterocycles. The van der Waals surface area contributed by atoms with Gasteiger partial charge in [-0.05, 0) is 66.4 Å². The van der Waals surface area contributed by atoms with E-state index in [-0.39, 0.29) is 17.9 Å². The van der Waals surface area contributed by atoms with Gasteiger partial charge in [0.2, 0.25) is 0 Å². The largest absolute Gasteiger partial charge is 0.369 e. The highest BCUT2D eigenvalue weighted by Gasteiger charge is 2.22. The lowest BCUT2D eigenvalue weighted by Gasteiger charge is -2.37.